The summed E-state index contributed by atoms with van der Waals surface area (Å²) in [6, 6.07) is 18.9. The van der Waals surface area contributed by atoms with E-state index in [0.717, 1.165) is 36.9 Å². The number of aryl methyl sites for hydroxylation is 1. The number of hydrogen-bond donors (Lipinski definition) is 1. The molecule has 0 fully saturated rings. The SMILES string of the molecule is CCc1ccc(C(CNC(=O)c2nn(-c3ccccc3)c3c2CCC3)N(C)C)cc1. The first-order chi connectivity index (χ1) is 14.6. The second kappa shape index (κ2) is 8.84. The maximum absolute atomic E-state index is 13.1. The third kappa shape index (κ3) is 4.03. The highest BCUT2D eigenvalue weighted by Gasteiger charge is 2.27. The quantitative estimate of drug-likeness (QED) is 0.651. The molecule has 4 rings (SSSR count). The number of amides is 1. The number of para-hydroxylation sites is 1. The maximum atomic E-state index is 13.1. The summed E-state index contributed by atoms with van der Waals surface area (Å²) in [5, 5.41) is 7.86. The van der Waals surface area contributed by atoms with Gasteiger partial charge in [-0.05, 0) is 63.0 Å². The number of aromatic nitrogens is 2. The topological polar surface area (TPSA) is 50.2 Å². The van der Waals surface area contributed by atoms with Crippen LogP contribution in [0.1, 0.15) is 52.3 Å². The Kier molecular flexibility index (Phi) is 6.00. The van der Waals surface area contributed by atoms with Crippen LogP contribution in [-0.2, 0) is 19.3 Å². The molecule has 5 heteroatoms. The van der Waals surface area contributed by atoms with Gasteiger partial charge in [-0.25, -0.2) is 4.68 Å². The lowest BCUT2D eigenvalue weighted by atomic mass is 10.0. The molecule has 1 N–H and O–H groups in total. The molecule has 30 heavy (non-hydrogen) atoms. The van der Waals surface area contributed by atoms with E-state index in [9.17, 15) is 4.79 Å². The zero-order chi connectivity index (χ0) is 21.1. The van der Waals surface area contributed by atoms with E-state index in [4.69, 9.17) is 5.10 Å². The fourth-order valence-corrected chi connectivity index (χ4v) is 4.25. The number of nitrogens with one attached hydrogen (secondary N) is 1. The summed E-state index contributed by atoms with van der Waals surface area (Å²) in [6.45, 7) is 2.70. The first-order valence-corrected chi connectivity index (χ1v) is 10.8. The number of benzene rings is 2. The van der Waals surface area contributed by atoms with Crippen molar-refractivity contribution >= 4 is 5.91 Å². The van der Waals surface area contributed by atoms with Crippen LogP contribution < -0.4 is 5.32 Å². The van der Waals surface area contributed by atoms with Crippen molar-refractivity contribution in [2.24, 2.45) is 0 Å². The Bertz CT molecular complexity index is 1010. The lowest BCUT2D eigenvalue weighted by Crippen LogP contribution is -2.35. The minimum atomic E-state index is -0.0835. The summed E-state index contributed by atoms with van der Waals surface area (Å²) < 4.78 is 1.95. The van der Waals surface area contributed by atoms with Crippen molar-refractivity contribution in [3.63, 3.8) is 0 Å². The molecule has 1 heterocycles. The van der Waals surface area contributed by atoms with Crippen molar-refractivity contribution < 1.29 is 4.79 Å². The van der Waals surface area contributed by atoms with E-state index in [1.807, 2.05) is 49.1 Å². The van der Waals surface area contributed by atoms with Crippen molar-refractivity contribution in [1.29, 1.82) is 0 Å². The van der Waals surface area contributed by atoms with Crippen molar-refractivity contribution in [2.75, 3.05) is 20.6 Å². The fourth-order valence-electron chi connectivity index (χ4n) is 4.25. The van der Waals surface area contributed by atoms with E-state index >= 15 is 0 Å². The van der Waals surface area contributed by atoms with Gasteiger partial charge in [-0.3, -0.25) is 4.79 Å². The van der Waals surface area contributed by atoms with Gasteiger partial charge in [-0.15, -0.1) is 0 Å². The molecule has 0 spiro atoms. The van der Waals surface area contributed by atoms with Gasteiger partial charge >= 0.3 is 0 Å². The first-order valence-electron chi connectivity index (χ1n) is 10.8. The Labute approximate surface area is 178 Å². The second-order valence-corrected chi connectivity index (χ2v) is 8.16. The van der Waals surface area contributed by atoms with E-state index in [1.54, 1.807) is 0 Å². The van der Waals surface area contributed by atoms with Gasteiger partial charge in [0.1, 0.15) is 0 Å². The zero-order valence-corrected chi connectivity index (χ0v) is 18.1. The Morgan fingerprint density at radius 2 is 1.83 bits per heavy atom. The Balaban J connectivity index is 1.53. The van der Waals surface area contributed by atoms with E-state index in [2.05, 4.69) is 41.4 Å². The van der Waals surface area contributed by atoms with Gasteiger partial charge in [-0.1, -0.05) is 49.4 Å². The molecule has 0 aliphatic heterocycles. The Hall–Kier alpha value is -2.92. The van der Waals surface area contributed by atoms with Crippen LogP contribution >= 0.6 is 0 Å². The molecule has 1 amide bonds. The van der Waals surface area contributed by atoms with Crippen molar-refractivity contribution in [2.45, 2.75) is 38.6 Å². The zero-order valence-electron chi connectivity index (χ0n) is 18.1. The van der Waals surface area contributed by atoms with Crippen LogP contribution in [0.5, 0.6) is 0 Å². The maximum Gasteiger partial charge on any atom is 0.272 e. The average Bonchev–Trinajstić information content (AvgIpc) is 3.37. The van der Waals surface area contributed by atoms with E-state index in [1.165, 1.54) is 16.8 Å². The third-order valence-electron chi connectivity index (χ3n) is 6.00. The normalized spacial score (nSPS) is 14.0. The Morgan fingerprint density at radius 1 is 1.10 bits per heavy atom. The molecular weight excluding hydrogens is 372 g/mol. The molecule has 0 saturated heterocycles. The van der Waals surface area contributed by atoms with Gasteiger partial charge in [0, 0.05) is 17.8 Å². The molecule has 2 aromatic carbocycles. The fraction of sp³-hybridized carbons (Fsp3) is 0.360. The number of hydrogen-bond acceptors (Lipinski definition) is 3. The summed E-state index contributed by atoms with van der Waals surface area (Å²) in [5.41, 5.74) is 6.39. The third-order valence-corrected chi connectivity index (χ3v) is 6.00. The summed E-state index contributed by atoms with van der Waals surface area (Å²) >= 11 is 0. The highest BCUT2D eigenvalue weighted by molar-refractivity contribution is 5.94. The number of rotatable bonds is 7. The minimum absolute atomic E-state index is 0.0835. The van der Waals surface area contributed by atoms with E-state index in [-0.39, 0.29) is 11.9 Å². The molecule has 0 bridgehead atoms. The van der Waals surface area contributed by atoms with Crippen molar-refractivity contribution in [1.82, 2.24) is 20.0 Å². The van der Waals surface area contributed by atoms with Gasteiger partial charge in [0.25, 0.3) is 5.91 Å². The van der Waals surface area contributed by atoms with Crippen LogP contribution in [0.25, 0.3) is 5.69 Å². The molecule has 5 nitrogen and oxygen atoms in total. The molecule has 0 radical (unpaired) electrons. The van der Waals surface area contributed by atoms with Crippen molar-refractivity contribution in [3.05, 3.63) is 82.7 Å². The van der Waals surface area contributed by atoms with Crippen LogP contribution in [-0.4, -0.2) is 41.2 Å². The largest absolute Gasteiger partial charge is 0.349 e. The molecule has 1 atom stereocenters. The van der Waals surface area contributed by atoms with Gasteiger partial charge < -0.3 is 10.2 Å². The second-order valence-electron chi connectivity index (χ2n) is 8.16. The molecule has 1 aliphatic carbocycles. The van der Waals surface area contributed by atoms with Gasteiger partial charge in [0.05, 0.1) is 11.7 Å². The molecular formula is C25H30N4O. The molecule has 0 saturated carbocycles. The summed E-state index contributed by atoms with van der Waals surface area (Å²) in [4.78, 5) is 15.2. The summed E-state index contributed by atoms with van der Waals surface area (Å²) in [5.74, 6) is -0.0835. The highest BCUT2D eigenvalue weighted by Crippen LogP contribution is 2.28. The average molecular weight is 403 g/mol. The number of likely N-dealkylation sites (N-methyl/N-ethyl adjacent to an activating group) is 1. The van der Waals surface area contributed by atoms with E-state index in [0.29, 0.717) is 12.2 Å². The standard InChI is InChI=1S/C25H30N4O/c1-4-18-13-15-19(16-14-18)23(28(2)3)17-26-25(30)24-21-11-8-12-22(21)29(27-24)20-9-6-5-7-10-20/h5-7,9-10,13-16,23H,4,8,11-12,17H2,1-3H3,(H,26,30). The van der Waals surface area contributed by atoms with Crippen LogP contribution in [0, 0.1) is 0 Å². The summed E-state index contributed by atoms with van der Waals surface area (Å²) in [7, 11) is 4.10. The Morgan fingerprint density at radius 3 is 2.50 bits per heavy atom. The van der Waals surface area contributed by atoms with Crippen LogP contribution in [0.15, 0.2) is 54.6 Å². The summed E-state index contributed by atoms with van der Waals surface area (Å²) in [6.07, 6.45) is 3.98. The minimum Gasteiger partial charge on any atom is -0.349 e. The molecule has 3 aromatic rings. The number of carbonyl (C=O) groups is 1. The molecule has 1 aromatic heterocycles. The molecule has 1 aliphatic rings. The smallest absolute Gasteiger partial charge is 0.272 e. The lowest BCUT2D eigenvalue weighted by molar-refractivity contribution is 0.0935. The molecule has 156 valence electrons. The van der Waals surface area contributed by atoms with Gasteiger partial charge in [0.2, 0.25) is 0 Å². The van der Waals surface area contributed by atoms with Crippen molar-refractivity contribution in [3.8, 4) is 5.69 Å². The van der Waals surface area contributed by atoms with Crippen LogP contribution in [0.3, 0.4) is 0 Å². The van der Waals surface area contributed by atoms with Crippen LogP contribution in [0.2, 0.25) is 0 Å². The van der Waals surface area contributed by atoms with Gasteiger partial charge in [-0.2, -0.15) is 5.10 Å². The predicted molar refractivity (Wildman–Crippen MR) is 120 cm³/mol. The van der Waals surface area contributed by atoms with Crippen LogP contribution in [0.4, 0.5) is 0 Å². The van der Waals surface area contributed by atoms with Gasteiger partial charge in [0.15, 0.2) is 5.69 Å². The number of fused-ring (bicyclic) bond motifs is 1. The molecule has 1 unspecified atom stereocenters. The highest BCUT2D eigenvalue weighted by atomic mass is 16.2. The monoisotopic (exact) mass is 402 g/mol. The number of carbonyl (C=O) groups excluding carboxylic acids is 1. The number of nitrogens with zero attached hydrogens (tertiary/aromatic N) is 3. The predicted octanol–water partition coefficient (Wildman–Crippen LogP) is 3.96. The van der Waals surface area contributed by atoms with E-state index < -0.39 is 0 Å². The lowest BCUT2D eigenvalue weighted by Gasteiger charge is -2.25. The first kappa shape index (κ1) is 20.4.